The van der Waals surface area contributed by atoms with Crippen LogP contribution >= 0.6 is 35.0 Å². The molecule has 0 spiro atoms. The third-order valence-electron chi connectivity index (χ3n) is 3.28. The van der Waals surface area contributed by atoms with E-state index in [2.05, 4.69) is 74.4 Å². The van der Waals surface area contributed by atoms with Gasteiger partial charge in [-0.15, -0.1) is 12.4 Å². The highest BCUT2D eigenvalue weighted by molar-refractivity contribution is 14.1. The number of benzene rings is 2. The fraction of sp³-hybridized carbons (Fsp3) is 0.111. The van der Waals surface area contributed by atoms with E-state index in [1.807, 2.05) is 37.3 Å². The summed E-state index contributed by atoms with van der Waals surface area (Å²) in [6.45, 7) is 4.02. The second-order valence-corrected chi connectivity index (χ2v) is 6.59. The van der Waals surface area contributed by atoms with E-state index in [0.717, 1.165) is 22.9 Å². The van der Waals surface area contributed by atoms with Crippen molar-refractivity contribution in [1.82, 2.24) is 9.97 Å². The minimum absolute atomic E-state index is 0. The van der Waals surface area contributed by atoms with Gasteiger partial charge in [0.2, 0.25) is 5.95 Å². The average Bonchev–Trinajstić information content (AvgIpc) is 2.51. The Bertz CT molecular complexity index is 739. The average molecular weight is 453 g/mol. The van der Waals surface area contributed by atoms with Crippen LogP contribution in [0.25, 0.3) is 0 Å². The zero-order valence-corrected chi connectivity index (χ0v) is 16.4. The first-order valence-electron chi connectivity index (χ1n) is 7.30. The van der Waals surface area contributed by atoms with Gasteiger partial charge >= 0.3 is 0 Å². The van der Waals surface area contributed by atoms with Crippen molar-refractivity contribution in [3.05, 3.63) is 69.4 Å². The molecular weight excluding hydrogens is 435 g/mol. The van der Waals surface area contributed by atoms with Crippen molar-refractivity contribution < 1.29 is 0 Å². The maximum Gasteiger partial charge on any atom is 0.229 e. The van der Waals surface area contributed by atoms with Crippen LogP contribution in [0.3, 0.4) is 0 Å². The molecular formula is C18H18ClIN4. The number of hydrogen-bond acceptors (Lipinski definition) is 4. The molecule has 2 aromatic carbocycles. The van der Waals surface area contributed by atoms with Crippen LogP contribution in [0, 0.1) is 17.4 Å². The molecule has 1 heterocycles. The minimum Gasteiger partial charge on any atom is -0.340 e. The van der Waals surface area contributed by atoms with Gasteiger partial charge in [0.25, 0.3) is 0 Å². The van der Waals surface area contributed by atoms with Crippen molar-refractivity contribution in [3.63, 3.8) is 0 Å². The molecule has 0 aliphatic heterocycles. The SMILES string of the molecule is Cc1ccc(Nc2nc(C)cc(Nc3ccc(I)cc3)n2)cc1.Cl. The first kappa shape index (κ1) is 18.5. The van der Waals surface area contributed by atoms with Gasteiger partial charge in [-0.2, -0.15) is 4.98 Å². The zero-order chi connectivity index (χ0) is 16.2. The third-order valence-corrected chi connectivity index (χ3v) is 4.00. The van der Waals surface area contributed by atoms with Crippen LogP contribution in [-0.2, 0) is 0 Å². The lowest BCUT2D eigenvalue weighted by molar-refractivity contribution is 1.11. The molecule has 2 N–H and O–H groups in total. The molecule has 0 bridgehead atoms. The summed E-state index contributed by atoms with van der Waals surface area (Å²) < 4.78 is 1.20. The summed E-state index contributed by atoms with van der Waals surface area (Å²) in [6, 6.07) is 18.3. The highest BCUT2D eigenvalue weighted by Crippen LogP contribution is 2.20. The molecule has 0 amide bonds. The second kappa shape index (κ2) is 8.30. The van der Waals surface area contributed by atoms with E-state index in [1.165, 1.54) is 9.13 Å². The molecule has 4 nitrogen and oxygen atoms in total. The Morgan fingerprint density at radius 1 is 0.792 bits per heavy atom. The molecule has 0 aliphatic rings. The van der Waals surface area contributed by atoms with Crippen LogP contribution in [0.2, 0.25) is 0 Å². The van der Waals surface area contributed by atoms with E-state index in [0.29, 0.717) is 5.95 Å². The lowest BCUT2D eigenvalue weighted by atomic mass is 10.2. The Morgan fingerprint density at radius 3 is 2.04 bits per heavy atom. The first-order chi connectivity index (χ1) is 11.1. The number of anilines is 4. The van der Waals surface area contributed by atoms with Crippen molar-refractivity contribution in [3.8, 4) is 0 Å². The summed E-state index contributed by atoms with van der Waals surface area (Å²) in [5, 5.41) is 6.56. The summed E-state index contributed by atoms with van der Waals surface area (Å²) >= 11 is 2.29. The summed E-state index contributed by atoms with van der Waals surface area (Å²) in [6.07, 6.45) is 0. The molecule has 0 fully saturated rings. The largest absolute Gasteiger partial charge is 0.340 e. The molecule has 3 rings (SSSR count). The van der Waals surface area contributed by atoms with Gasteiger partial charge in [0.15, 0.2) is 0 Å². The van der Waals surface area contributed by atoms with Gasteiger partial charge in [-0.05, 0) is 72.8 Å². The van der Waals surface area contributed by atoms with Crippen molar-refractivity contribution in [2.24, 2.45) is 0 Å². The monoisotopic (exact) mass is 452 g/mol. The van der Waals surface area contributed by atoms with Gasteiger partial charge in [-0.1, -0.05) is 17.7 Å². The van der Waals surface area contributed by atoms with Crippen LogP contribution in [0.5, 0.6) is 0 Å². The molecule has 0 saturated carbocycles. The van der Waals surface area contributed by atoms with Gasteiger partial charge in [0.05, 0.1) is 0 Å². The summed E-state index contributed by atoms with van der Waals surface area (Å²) in [5.74, 6) is 1.36. The Morgan fingerprint density at radius 2 is 1.38 bits per heavy atom. The molecule has 0 unspecified atom stereocenters. The third kappa shape index (κ3) is 5.07. The number of nitrogens with zero attached hydrogens (tertiary/aromatic N) is 2. The number of aromatic nitrogens is 2. The van der Waals surface area contributed by atoms with Gasteiger partial charge in [-0.3, -0.25) is 0 Å². The molecule has 0 aliphatic carbocycles. The van der Waals surface area contributed by atoms with Gasteiger partial charge < -0.3 is 10.6 Å². The van der Waals surface area contributed by atoms with E-state index in [-0.39, 0.29) is 12.4 Å². The fourth-order valence-corrected chi connectivity index (χ4v) is 2.50. The van der Waals surface area contributed by atoms with Crippen LogP contribution < -0.4 is 10.6 Å². The summed E-state index contributed by atoms with van der Waals surface area (Å²) in [5.41, 5.74) is 4.11. The summed E-state index contributed by atoms with van der Waals surface area (Å²) in [4.78, 5) is 8.98. The van der Waals surface area contributed by atoms with Crippen LogP contribution in [0.4, 0.5) is 23.1 Å². The van der Waals surface area contributed by atoms with E-state index < -0.39 is 0 Å². The van der Waals surface area contributed by atoms with Crippen LogP contribution in [0.1, 0.15) is 11.3 Å². The molecule has 0 radical (unpaired) electrons. The lowest BCUT2D eigenvalue weighted by Crippen LogP contribution is -2.02. The van der Waals surface area contributed by atoms with E-state index >= 15 is 0 Å². The maximum absolute atomic E-state index is 4.53. The maximum atomic E-state index is 4.53. The highest BCUT2D eigenvalue weighted by atomic mass is 127. The van der Waals surface area contributed by atoms with Gasteiger partial charge in [0, 0.05) is 26.7 Å². The van der Waals surface area contributed by atoms with E-state index in [1.54, 1.807) is 0 Å². The predicted octanol–water partition coefficient (Wildman–Crippen LogP) is 5.61. The number of rotatable bonds is 4. The molecule has 124 valence electrons. The molecule has 6 heteroatoms. The predicted molar refractivity (Wildman–Crippen MR) is 111 cm³/mol. The van der Waals surface area contributed by atoms with E-state index in [9.17, 15) is 0 Å². The second-order valence-electron chi connectivity index (χ2n) is 5.34. The Hall–Kier alpha value is -1.86. The van der Waals surface area contributed by atoms with Crippen LogP contribution in [0.15, 0.2) is 54.6 Å². The number of aryl methyl sites for hydroxylation is 2. The number of halogens is 2. The van der Waals surface area contributed by atoms with Gasteiger partial charge in [-0.25, -0.2) is 4.98 Å². The van der Waals surface area contributed by atoms with Crippen LogP contribution in [-0.4, -0.2) is 9.97 Å². The smallest absolute Gasteiger partial charge is 0.229 e. The van der Waals surface area contributed by atoms with Crippen molar-refractivity contribution in [2.75, 3.05) is 10.6 Å². The quantitative estimate of drug-likeness (QED) is 0.505. The van der Waals surface area contributed by atoms with E-state index in [4.69, 9.17) is 0 Å². The zero-order valence-electron chi connectivity index (χ0n) is 13.4. The van der Waals surface area contributed by atoms with Crippen molar-refractivity contribution >= 4 is 58.1 Å². The number of hydrogen-bond donors (Lipinski definition) is 2. The lowest BCUT2D eigenvalue weighted by Gasteiger charge is -2.10. The molecule has 1 aromatic heterocycles. The topological polar surface area (TPSA) is 49.8 Å². The molecule has 24 heavy (non-hydrogen) atoms. The normalized spacial score (nSPS) is 9.96. The Balaban J connectivity index is 0.00000208. The number of nitrogens with one attached hydrogen (secondary N) is 2. The highest BCUT2D eigenvalue weighted by Gasteiger charge is 2.04. The van der Waals surface area contributed by atoms with Crippen molar-refractivity contribution in [1.29, 1.82) is 0 Å². The molecule has 3 aromatic rings. The fourth-order valence-electron chi connectivity index (χ4n) is 2.14. The molecule has 0 saturated heterocycles. The summed E-state index contributed by atoms with van der Waals surface area (Å²) in [7, 11) is 0. The van der Waals surface area contributed by atoms with Gasteiger partial charge in [0.1, 0.15) is 5.82 Å². The Labute approximate surface area is 161 Å². The van der Waals surface area contributed by atoms with Crippen molar-refractivity contribution in [2.45, 2.75) is 13.8 Å². The molecule has 0 atom stereocenters. The standard InChI is InChI=1S/C18H17IN4.ClH/c1-12-3-7-16(8-4-12)22-18-20-13(2)11-17(23-18)21-15-9-5-14(19)6-10-15;/h3-11H,1-2H3,(H2,20,21,22,23);1H. The first-order valence-corrected chi connectivity index (χ1v) is 8.38. The minimum atomic E-state index is 0. The Kier molecular flexibility index (Phi) is 6.39.